The van der Waals surface area contributed by atoms with E-state index in [1.54, 1.807) is 12.3 Å². The van der Waals surface area contributed by atoms with Crippen molar-refractivity contribution >= 4 is 17.8 Å². The number of rotatable bonds is 5. The highest BCUT2D eigenvalue weighted by molar-refractivity contribution is 6.02. The number of fused-ring (bicyclic) bond motifs is 1. The third-order valence-corrected chi connectivity index (χ3v) is 4.49. The SMILES string of the molecule is CC1C#CC=C(C(=O)CCC(=O)c2ccc3c(c2)CCCC3)N=C1. The molecule has 0 N–H and O–H groups in total. The lowest BCUT2D eigenvalue weighted by atomic mass is 9.89. The number of benzene rings is 1. The molecule has 24 heavy (non-hydrogen) atoms. The summed E-state index contributed by atoms with van der Waals surface area (Å²) < 4.78 is 0. The molecule has 1 heterocycles. The van der Waals surface area contributed by atoms with Crippen molar-refractivity contribution in [2.24, 2.45) is 10.9 Å². The third-order valence-electron chi connectivity index (χ3n) is 4.49. The molecule has 3 rings (SSSR count). The van der Waals surface area contributed by atoms with E-state index >= 15 is 0 Å². The number of nitrogens with zero attached hydrogens (tertiary/aromatic N) is 1. The van der Waals surface area contributed by atoms with Gasteiger partial charge in [-0.2, -0.15) is 0 Å². The minimum Gasteiger partial charge on any atom is -0.294 e. The molecule has 122 valence electrons. The number of hydrogen-bond acceptors (Lipinski definition) is 3. The van der Waals surface area contributed by atoms with Gasteiger partial charge in [0, 0.05) is 30.7 Å². The second-order valence-corrected chi connectivity index (χ2v) is 6.42. The molecule has 2 aliphatic rings. The molecule has 0 saturated heterocycles. The van der Waals surface area contributed by atoms with Gasteiger partial charge in [0.1, 0.15) is 5.70 Å². The van der Waals surface area contributed by atoms with Crippen molar-refractivity contribution in [3.05, 3.63) is 46.7 Å². The summed E-state index contributed by atoms with van der Waals surface area (Å²) in [5, 5.41) is 0. The van der Waals surface area contributed by atoms with Crippen LogP contribution in [0.2, 0.25) is 0 Å². The summed E-state index contributed by atoms with van der Waals surface area (Å²) in [4.78, 5) is 28.8. The van der Waals surface area contributed by atoms with Crippen molar-refractivity contribution in [3.63, 3.8) is 0 Å². The molecule has 0 spiro atoms. The Bertz CT molecular complexity index is 790. The lowest BCUT2D eigenvalue weighted by molar-refractivity contribution is -0.115. The summed E-state index contributed by atoms with van der Waals surface area (Å²) in [6.07, 6.45) is 8.19. The van der Waals surface area contributed by atoms with Crippen LogP contribution in [-0.2, 0) is 17.6 Å². The zero-order valence-corrected chi connectivity index (χ0v) is 14.0. The van der Waals surface area contributed by atoms with Crippen molar-refractivity contribution in [3.8, 4) is 11.8 Å². The van der Waals surface area contributed by atoms with Crippen molar-refractivity contribution < 1.29 is 9.59 Å². The number of Topliss-reactive ketones (excluding diaryl/α,β-unsaturated/α-hetero) is 2. The highest BCUT2D eigenvalue weighted by Gasteiger charge is 2.15. The summed E-state index contributed by atoms with van der Waals surface area (Å²) in [5.41, 5.74) is 3.72. The fraction of sp³-hybridized carbons (Fsp3) is 0.381. The molecule has 0 bridgehead atoms. The largest absolute Gasteiger partial charge is 0.294 e. The van der Waals surface area contributed by atoms with Crippen LogP contribution >= 0.6 is 0 Å². The number of carbonyl (C=O) groups excluding carboxylic acids is 2. The summed E-state index contributed by atoms with van der Waals surface area (Å²) >= 11 is 0. The van der Waals surface area contributed by atoms with Crippen LogP contribution in [0.5, 0.6) is 0 Å². The zero-order chi connectivity index (χ0) is 16.9. The molecule has 3 heteroatoms. The third kappa shape index (κ3) is 3.89. The molecule has 3 nitrogen and oxygen atoms in total. The molecular formula is C21H21NO2. The standard InChI is InChI=1S/C21H21NO2/c1-15-5-4-8-19(22-14-15)21(24)12-11-20(23)18-10-9-16-6-2-3-7-17(16)13-18/h8-10,13-15H,2-3,6-7,11-12H2,1H3. The first-order chi connectivity index (χ1) is 11.6. The Morgan fingerprint density at radius 2 is 1.88 bits per heavy atom. The molecule has 0 fully saturated rings. The van der Waals surface area contributed by atoms with Gasteiger partial charge in [-0.05, 0) is 49.8 Å². The Balaban J connectivity index is 1.62. The average molecular weight is 319 g/mol. The van der Waals surface area contributed by atoms with Crippen molar-refractivity contribution in [1.29, 1.82) is 0 Å². The van der Waals surface area contributed by atoms with Gasteiger partial charge in [0.05, 0.1) is 5.92 Å². The number of carbonyl (C=O) groups is 2. The Morgan fingerprint density at radius 3 is 2.71 bits per heavy atom. The highest BCUT2D eigenvalue weighted by atomic mass is 16.1. The first kappa shape index (κ1) is 16.4. The first-order valence-electron chi connectivity index (χ1n) is 8.57. The van der Waals surface area contributed by atoms with E-state index in [-0.39, 0.29) is 30.3 Å². The molecule has 1 aliphatic heterocycles. The minimum absolute atomic E-state index is 0.0226. The molecule has 1 atom stereocenters. The van der Waals surface area contributed by atoms with Crippen molar-refractivity contribution in [2.75, 3.05) is 0 Å². The van der Waals surface area contributed by atoms with Crippen LogP contribution in [-0.4, -0.2) is 17.8 Å². The van der Waals surface area contributed by atoms with Gasteiger partial charge in [0.2, 0.25) is 0 Å². The van der Waals surface area contributed by atoms with Gasteiger partial charge < -0.3 is 0 Å². The predicted molar refractivity (Wildman–Crippen MR) is 95.2 cm³/mol. The molecular weight excluding hydrogens is 298 g/mol. The second kappa shape index (κ2) is 7.40. The van der Waals surface area contributed by atoms with Crippen LogP contribution in [0.3, 0.4) is 0 Å². The van der Waals surface area contributed by atoms with Gasteiger partial charge in [0.15, 0.2) is 11.6 Å². The first-order valence-corrected chi connectivity index (χ1v) is 8.57. The van der Waals surface area contributed by atoms with E-state index in [1.807, 2.05) is 19.1 Å². The fourth-order valence-electron chi connectivity index (χ4n) is 3.07. The van der Waals surface area contributed by atoms with E-state index in [1.165, 1.54) is 24.0 Å². The topological polar surface area (TPSA) is 46.5 Å². The fourth-order valence-corrected chi connectivity index (χ4v) is 3.07. The van der Waals surface area contributed by atoms with Crippen LogP contribution in [0, 0.1) is 17.8 Å². The lowest BCUT2D eigenvalue weighted by Gasteiger charge is -2.16. The maximum absolute atomic E-state index is 12.4. The Hall–Kier alpha value is -2.47. The van der Waals surface area contributed by atoms with E-state index in [0.717, 1.165) is 18.4 Å². The molecule has 1 aromatic rings. The Labute approximate surface area is 142 Å². The van der Waals surface area contributed by atoms with Gasteiger partial charge in [-0.1, -0.05) is 24.0 Å². The molecule has 1 unspecified atom stereocenters. The van der Waals surface area contributed by atoms with Gasteiger partial charge in [0.25, 0.3) is 0 Å². The van der Waals surface area contributed by atoms with Crippen molar-refractivity contribution in [2.45, 2.75) is 45.4 Å². The van der Waals surface area contributed by atoms with Gasteiger partial charge in [-0.15, -0.1) is 0 Å². The van der Waals surface area contributed by atoms with Crippen LogP contribution in [0.4, 0.5) is 0 Å². The number of allylic oxidation sites excluding steroid dienone is 2. The lowest BCUT2D eigenvalue weighted by Crippen LogP contribution is -2.09. The number of aryl methyl sites for hydroxylation is 2. The van der Waals surface area contributed by atoms with Crippen LogP contribution in [0.15, 0.2) is 35.0 Å². The number of ketones is 2. The summed E-state index contributed by atoms with van der Waals surface area (Å²) in [6, 6.07) is 5.98. The second-order valence-electron chi connectivity index (χ2n) is 6.42. The smallest absolute Gasteiger partial charge is 0.182 e. The van der Waals surface area contributed by atoms with E-state index in [9.17, 15) is 9.59 Å². The number of aliphatic imine (C=N–C) groups is 1. The summed E-state index contributed by atoms with van der Waals surface area (Å²) in [5.74, 6) is 5.74. The molecule has 1 aliphatic carbocycles. The Morgan fingerprint density at radius 1 is 1.12 bits per heavy atom. The Kier molecular flexibility index (Phi) is 5.05. The van der Waals surface area contributed by atoms with Gasteiger partial charge in [-0.3, -0.25) is 14.6 Å². The monoisotopic (exact) mass is 319 g/mol. The summed E-state index contributed by atoms with van der Waals surface area (Å²) in [6.45, 7) is 1.93. The zero-order valence-electron chi connectivity index (χ0n) is 14.0. The average Bonchev–Trinajstić information content (AvgIpc) is 2.83. The summed E-state index contributed by atoms with van der Waals surface area (Å²) in [7, 11) is 0. The molecule has 0 aromatic heterocycles. The molecule has 0 radical (unpaired) electrons. The number of hydrogen-bond donors (Lipinski definition) is 0. The van der Waals surface area contributed by atoms with Gasteiger partial charge >= 0.3 is 0 Å². The van der Waals surface area contributed by atoms with Gasteiger partial charge in [-0.25, -0.2) is 0 Å². The van der Waals surface area contributed by atoms with Crippen LogP contribution in [0.25, 0.3) is 0 Å². The quantitative estimate of drug-likeness (QED) is 0.613. The van der Waals surface area contributed by atoms with Crippen LogP contribution < -0.4 is 0 Å². The maximum Gasteiger partial charge on any atom is 0.182 e. The molecule has 1 aromatic carbocycles. The highest BCUT2D eigenvalue weighted by Crippen LogP contribution is 2.23. The van der Waals surface area contributed by atoms with Crippen LogP contribution in [0.1, 0.15) is 54.1 Å². The van der Waals surface area contributed by atoms with E-state index in [0.29, 0.717) is 5.70 Å². The minimum atomic E-state index is -0.124. The predicted octanol–water partition coefficient (Wildman–Crippen LogP) is 3.71. The van der Waals surface area contributed by atoms with E-state index in [4.69, 9.17) is 0 Å². The maximum atomic E-state index is 12.4. The van der Waals surface area contributed by atoms with Crippen molar-refractivity contribution in [1.82, 2.24) is 0 Å². The normalized spacial score (nSPS) is 18.7. The van der Waals surface area contributed by atoms with E-state index < -0.39 is 0 Å². The van der Waals surface area contributed by atoms with E-state index in [2.05, 4.69) is 22.9 Å². The molecule has 0 saturated carbocycles. The molecule has 0 amide bonds.